The molecule has 2 fully saturated rings. The molecule has 2 aliphatic heterocycles. The van der Waals surface area contributed by atoms with E-state index in [9.17, 15) is 4.79 Å². The van der Waals surface area contributed by atoms with Gasteiger partial charge in [0.25, 0.3) is 0 Å². The van der Waals surface area contributed by atoms with Gasteiger partial charge < -0.3 is 19.5 Å². The van der Waals surface area contributed by atoms with Crippen LogP contribution in [-0.2, 0) is 16.1 Å². The number of anilines is 1. The lowest BCUT2D eigenvalue weighted by atomic mass is 10.2. The molecule has 0 aromatic carbocycles. The smallest absolute Gasteiger partial charge is 0.220 e. The highest BCUT2D eigenvalue weighted by atomic mass is 32.1. The Morgan fingerprint density at radius 1 is 1.35 bits per heavy atom. The van der Waals surface area contributed by atoms with Crippen LogP contribution in [0.5, 0.6) is 0 Å². The molecule has 2 aliphatic rings. The number of ether oxygens (including phenoxy) is 1. The molecule has 1 amide bonds. The Hall–Kier alpha value is -1.93. The molecule has 2 saturated heterocycles. The Bertz CT molecular complexity index is 692. The average Bonchev–Trinajstić information content (AvgIpc) is 3.29. The van der Waals surface area contributed by atoms with Crippen LogP contribution >= 0.6 is 11.3 Å². The highest BCUT2D eigenvalue weighted by Crippen LogP contribution is 2.30. The number of hydrogen-bond acceptors (Lipinski definition) is 6. The minimum Gasteiger partial charge on any atom is -0.378 e. The number of nitrogens with zero attached hydrogens (tertiary/aromatic N) is 4. The predicted octanol–water partition coefficient (Wildman–Crippen LogP) is 1.12. The zero-order chi connectivity index (χ0) is 15.6. The molecule has 23 heavy (non-hydrogen) atoms. The fourth-order valence-corrected chi connectivity index (χ4v) is 3.98. The third-order valence-electron chi connectivity index (χ3n) is 4.21. The average molecular weight is 333 g/mol. The van der Waals surface area contributed by atoms with Crippen molar-refractivity contribution in [1.82, 2.24) is 19.9 Å². The van der Waals surface area contributed by atoms with Crippen LogP contribution in [0, 0.1) is 0 Å². The molecule has 1 N–H and O–H groups in total. The van der Waals surface area contributed by atoms with Crippen LogP contribution in [0.15, 0.2) is 18.6 Å². The summed E-state index contributed by atoms with van der Waals surface area (Å²) in [5.41, 5.74) is 0. The van der Waals surface area contributed by atoms with Gasteiger partial charge in [-0.3, -0.25) is 4.79 Å². The van der Waals surface area contributed by atoms with E-state index >= 15 is 0 Å². The number of rotatable bonds is 4. The fourth-order valence-electron chi connectivity index (χ4n) is 3.00. The molecule has 2 aromatic heterocycles. The van der Waals surface area contributed by atoms with Gasteiger partial charge in [0.1, 0.15) is 0 Å². The highest BCUT2D eigenvalue weighted by molar-refractivity contribution is 7.18. The Morgan fingerprint density at radius 3 is 3.00 bits per heavy atom. The third-order valence-corrected chi connectivity index (χ3v) is 5.27. The van der Waals surface area contributed by atoms with Gasteiger partial charge in [-0.1, -0.05) is 11.3 Å². The largest absolute Gasteiger partial charge is 0.378 e. The van der Waals surface area contributed by atoms with Gasteiger partial charge in [0, 0.05) is 44.5 Å². The van der Waals surface area contributed by atoms with E-state index in [1.54, 1.807) is 17.5 Å². The van der Waals surface area contributed by atoms with E-state index in [0.29, 0.717) is 6.42 Å². The summed E-state index contributed by atoms with van der Waals surface area (Å²) in [4.78, 5) is 23.7. The van der Waals surface area contributed by atoms with E-state index < -0.39 is 0 Å². The van der Waals surface area contributed by atoms with Crippen LogP contribution in [0.4, 0.5) is 5.13 Å². The van der Waals surface area contributed by atoms with E-state index in [-0.39, 0.29) is 11.9 Å². The number of amides is 1. The van der Waals surface area contributed by atoms with Crippen LogP contribution < -0.4 is 10.2 Å². The third kappa shape index (κ3) is 3.09. The first-order chi connectivity index (χ1) is 11.3. The molecule has 0 saturated carbocycles. The number of hydrogen-bond donors (Lipinski definition) is 1. The Kier molecular flexibility index (Phi) is 4.00. The first-order valence-corrected chi connectivity index (χ1v) is 8.70. The summed E-state index contributed by atoms with van der Waals surface area (Å²) >= 11 is 1.66. The lowest BCUT2D eigenvalue weighted by molar-refractivity contribution is -0.119. The summed E-state index contributed by atoms with van der Waals surface area (Å²) in [6.07, 6.45) is 7.17. The first-order valence-electron chi connectivity index (χ1n) is 7.89. The van der Waals surface area contributed by atoms with E-state index in [1.807, 2.05) is 12.4 Å². The second-order valence-electron chi connectivity index (χ2n) is 5.81. The van der Waals surface area contributed by atoms with Crippen LogP contribution in [0.3, 0.4) is 0 Å². The lowest BCUT2D eigenvalue weighted by Gasteiger charge is -2.25. The number of morpholine rings is 1. The topological polar surface area (TPSA) is 72.3 Å². The van der Waals surface area contributed by atoms with Gasteiger partial charge in [0.2, 0.25) is 5.91 Å². The number of carbonyl (C=O) groups excluding carboxylic acids is 1. The van der Waals surface area contributed by atoms with Gasteiger partial charge in [-0.05, 0) is 6.42 Å². The second kappa shape index (κ2) is 6.29. The number of nitrogens with one attached hydrogen (secondary N) is 1. The van der Waals surface area contributed by atoms with Crippen molar-refractivity contribution in [2.45, 2.75) is 25.4 Å². The summed E-state index contributed by atoms with van der Waals surface area (Å²) < 4.78 is 7.49. The van der Waals surface area contributed by atoms with Gasteiger partial charge in [-0.25, -0.2) is 9.97 Å². The standard InChI is InChI=1S/C15H19N5O2S/c21-13-2-1-11(18-13)10-20-4-3-16-14(20)12-9-17-15(23-12)19-5-7-22-8-6-19/h3-4,9,11H,1-2,5-8,10H2,(H,18,21). The molecule has 4 heterocycles. The van der Waals surface area contributed by atoms with Crippen LogP contribution in [0.2, 0.25) is 0 Å². The van der Waals surface area contributed by atoms with Crippen molar-refractivity contribution >= 4 is 22.4 Å². The maximum atomic E-state index is 11.4. The molecule has 0 bridgehead atoms. The highest BCUT2D eigenvalue weighted by Gasteiger charge is 2.23. The molecule has 0 radical (unpaired) electrons. The first kappa shape index (κ1) is 14.6. The van der Waals surface area contributed by atoms with Gasteiger partial charge in [0.15, 0.2) is 11.0 Å². The second-order valence-corrected chi connectivity index (χ2v) is 6.82. The Labute approximate surface area is 138 Å². The minimum atomic E-state index is 0.143. The molecule has 122 valence electrons. The summed E-state index contributed by atoms with van der Waals surface area (Å²) in [7, 11) is 0. The summed E-state index contributed by atoms with van der Waals surface area (Å²) in [6.45, 7) is 4.03. The molecular formula is C15H19N5O2S. The summed E-state index contributed by atoms with van der Waals surface area (Å²) in [5, 5.41) is 4.03. The number of carbonyl (C=O) groups is 1. The maximum Gasteiger partial charge on any atom is 0.220 e. The van der Waals surface area contributed by atoms with Crippen molar-refractivity contribution in [2.24, 2.45) is 0 Å². The van der Waals surface area contributed by atoms with Crippen molar-refractivity contribution in [1.29, 1.82) is 0 Å². The number of aromatic nitrogens is 3. The van der Waals surface area contributed by atoms with E-state index in [2.05, 4.69) is 24.8 Å². The summed E-state index contributed by atoms with van der Waals surface area (Å²) in [5.74, 6) is 1.06. The van der Waals surface area contributed by atoms with Crippen LogP contribution in [-0.4, -0.2) is 52.8 Å². The quantitative estimate of drug-likeness (QED) is 0.908. The molecule has 2 aromatic rings. The van der Waals surface area contributed by atoms with Crippen molar-refractivity contribution in [3.8, 4) is 10.7 Å². The van der Waals surface area contributed by atoms with Crippen molar-refractivity contribution in [2.75, 3.05) is 31.2 Å². The lowest BCUT2D eigenvalue weighted by Crippen LogP contribution is -2.36. The fraction of sp³-hybridized carbons (Fsp3) is 0.533. The van der Waals surface area contributed by atoms with E-state index in [0.717, 1.165) is 55.1 Å². The van der Waals surface area contributed by atoms with Gasteiger partial charge in [0.05, 0.1) is 24.3 Å². The Balaban J connectivity index is 1.51. The maximum absolute atomic E-state index is 11.4. The molecule has 1 unspecified atom stereocenters. The van der Waals surface area contributed by atoms with Crippen molar-refractivity contribution < 1.29 is 9.53 Å². The number of thiazole rings is 1. The van der Waals surface area contributed by atoms with E-state index in [1.165, 1.54) is 0 Å². The molecule has 4 rings (SSSR count). The zero-order valence-electron chi connectivity index (χ0n) is 12.8. The molecule has 0 spiro atoms. The molecule has 0 aliphatic carbocycles. The van der Waals surface area contributed by atoms with Gasteiger partial charge >= 0.3 is 0 Å². The van der Waals surface area contributed by atoms with Gasteiger partial charge in [-0.15, -0.1) is 0 Å². The monoisotopic (exact) mass is 333 g/mol. The zero-order valence-corrected chi connectivity index (χ0v) is 13.6. The molecule has 7 nitrogen and oxygen atoms in total. The normalized spacial score (nSPS) is 21.7. The van der Waals surface area contributed by atoms with Crippen LogP contribution in [0.1, 0.15) is 12.8 Å². The predicted molar refractivity (Wildman–Crippen MR) is 87.5 cm³/mol. The number of imidazole rings is 1. The molecule has 8 heteroatoms. The van der Waals surface area contributed by atoms with Crippen LogP contribution in [0.25, 0.3) is 10.7 Å². The molecule has 1 atom stereocenters. The van der Waals surface area contributed by atoms with Crippen molar-refractivity contribution in [3.05, 3.63) is 18.6 Å². The minimum absolute atomic E-state index is 0.143. The van der Waals surface area contributed by atoms with Gasteiger partial charge in [-0.2, -0.15) is 0 Å². The van der Waals surface area contributed by atoms with Crippen molar-refractivity contribution in [3.63, 3.8) is 0 Å². The van der Waals surface area contributed by atoms with E-state index in [4.69, 9.17) is 4.74 Å². The SMILES string of the molecule is O=C1CCC(Cn2ccnc2-c2cnc(N3CCOCC3)s2)N1. The summed E-state index contributed by atoms with van der Waals surface area (Å²) in [6, 6.07) is 0.196. The molecular weight excluding hydrogens is 314 g/mol. The Morgan fingerprint density at radius 2 is 2.22 bits per heavy atom.